The molecule has 0 bridgehead atoms. The first-order chi connectivity index (χ1) is 14.7. The number of hydrogen-bond donors (Lipinski definition) is 2. The molecule has 0 spiro atoms. The molecule has 1 aliphatic rings. The lowest BCUT2D eigenvalue weighted by Crippen LogP contribution is -2.49. The number of hydrogen-bond acceptors (Lipinski definition) is 7. The predicted molar refractivity (Wildman–Crippen MR) is 118 cm³/mol. The van der Waals surface area contributed by atoms with Gasteiger partial charge in [0.1, 0.15) is 0 Å². The number of esters is 1. The van der Waals surface area contributed by atoms with E-state index in [1.54, 1.807) is 30.3 Å². The van der Waals surface area contributed by atoms with Gasteiger partial charge in [-0.2, -0.15) is 0 Å². The Morgan fingerprint density at radius 1 is 1.13 bits per heavy atom. The molecular formula is C20H23ClN4O5S. The molecule has 1 heterocycles. The molecule has 3 rings (SSSR count). The second-order valence-electron chi connectivity index (χ2n) is 7.01. The molecule has 0 aromatic heterocycles. The van der Waals surface area contributed by atoms with Gasteiger partial charge in [0.25, 0.3) is 0 Å². The molecule has 9 nitrogen and oxygen atoms in total. The van der Waals surface area contributed by atoms with Crippen molar-refractivity contribution in [2.75, 3.05) is 50.1 Å². The number of carbonyl (C=O) groups is 2. The van der Waals surface area contributed by atoms with Gasteiger partial charge in [-0.3, -0.25) is 9.69 Å². The smallest absolute Gasteiger partial charge is 0.340 e. The Morgan fingerprint density at radius 3 is 2.42 bits per heavy atom. The molecule has 11 heteroatoms. The highest BCUT2D eigenvalue weighted by atomic mass is 35.5. The van der Waals surface area contributed by atoms with E-state index in [0.29, 0.717) is 42.6 Å². The van der Waals surface area contributed by atoms with E-state index in [1.807, 2.05) is 9.80 Å². The van der Waals surface area contributed by atoms with Crippen LogP contribution in [0.2, 0.25) is 5.02 Å². The van der Waals surface area contributed by atoms with E-state index < -0.39 is 16.0 Å². The van der Waals surface area contributed by atoms with E-state index in [-0.39, 0.29) is 22.9 Å². The van der Waals surface area contributed by atoms with Crippen LogP contribution in [0.4, 0.5) is 11.4 Å². The van der Waals surface area contributed by atoms with Crippen molar-refractivity contribution in [3.8, 4) is 0 Å². The minimum Gasteiger partial charge on any atom is -0.465 e. The van der Waals surface area contributed by atoms with Crippen molar-refractivity contribution < 1.29 is 22.7 Å². The Morgan fingerprint density at radius 2 is 1.81 bits per heavy atom. The Bertz CT molecular complexity index is 1080. The summed E-state index contributed by atoms with van der Waals surface area (Å²) < 4.78 is 28.1. The molecule has 2 aromatic rings. The number of carbonyl (C=O) groups excluding carboxylic acids is 2. The minimum absolute atomic E-state index is 0.124. The number of methoxy groups -OCH3 is 1. The van der Waals surface area contributed by atoms with Crippen molar-refractivity contribution in [2.24, 2.45) is 5.14 Å². The van der Waals surface area contributed by atoms with Crippen LogP contribution in [-0.4, -0.2) is 65.0 Å². The standard InChI is InChI=1S/C20H23ClN4O5S/c1-30-20(27)15-12-14(31(22,28)29)6-7-18(15)25-10-8-24(9-11-25)13-19(26)23-17-5-3-2-4-16(17)21/h2-7,12H,8-11,13H2,1H3,(H,23,26)(H2,22,28,29). The van der Waals surface area contributed by atoms with Crippen LogP contribution in [0.5, 0.6) is 0 Å². The SMILES string of the molecule is COC(=O)c1cc(S(N)(=O)=O)ccc1N1CCN(CC(=O)Nc2ccccc2Cl)CC1. The van der Waals surface area contributed by atoms with Crippen LogP contribution < -0.4 is 15.4 Å². The zero-order chi connectivity index (χ0) is 22.6. The summed E-state index contributed by atoms with van der Waals surface area (Å²) in [5, 5.41) is 8.45. The van der Waals surface area contributed by atoms with Gasteiger partial charge >= 0.3 is 5.97 Å². The first-order valence-corrected chi connectivity index (χ1v) is 11.4. The van der Waals surface area contributed by atoms with Crippen molar-refractivity contribution in [2.45, 2.75) is 4.90 Å². The number of sulfonamides is 1. The van der Waals surface area contributed by atoms with Gasteiger partial charge in [0.05, 0.1) is 40.5 Å². The van der Waals surface area contributed by atoms with E-state index in [2.05, 4.69) is 5.32 Å². The third kappa shape index (κ3) is 5.73. The second-order valence-corrected chi connectivity index (χ2v) is 8.98. The molecule has 1 aliphatic heterocycles. The molecule has 0 atom stereocenters. The van der Waals surface area contributed by atoms with Gasteiger partial charge in [0.15, 0.2) is 0 Å². The van der Waals surface area contributed by atoms with Crippen LogP contribution in [0.3, 0.4) is 0 Å². The molecule has 166 valence electrons. The van der Waals surface area contributed by atoms with Crippen molar-refractivity contribution in [3.63, 3.8) is 0 Å². The molecule has 1 fully saturated rings. The van der Waals surface area contributed by atoms with Crippen molar-refractivity contribution in [3.05, 3.63) is 53.1 Å². The van der Waals surface area contributed by atoms with Gasteiger partial charge in [-0.15, -0.1) is 0 Å². The normalized spacial score (nSPS) is 14.9. The maximum atomic E-state index is 12.3. The number of halogens is 1. The van der Waals surface area contributed by atoms with Crippen LogP contribution in [0, 0.1) is 0 Å². The summed E-state index contributed by atoms with van der Waals surface area (Å²) in [5.41, 5.74) is 1.24. The molecular weight excluding hydrogens is 444 g/mol. The lowest BCUT2D eigenvalue weighted by molar-refractivity contribution is -0.117. The van der Waals surface area contributed by atoms with Gasteiger partial charge in [0, 0.05) is 26.2 Å². The number of nitrogens with zero attached hydrogens (tertiary/aromatic N) is 2. The summed E-state index contributed by atoms with van der Waals surface area (Å²) in [6, 6.07) is 11.1. The number of primary sulfonamides is 1. The summed E-state index contributed by atoms with van der Waals surface area (Å²) in [6.07, 6.45) is 0. The number of para-hydroxylation sites is 1. The lowest BCUT2D eigenvalue weighted by Gasteiger charge is -2.36. The van der Waals surface area contributed by atoms with Crippen LogP contribution in [0.25, 0.3) is 0 Å². The molecule has 2 aromatic carbocycles. The number of anilines is 2. The van der Waals surface area contributed by atoms with Crippen molar-refractivity contribution in [1.82, 2.24) is 4.90 Å². The van der Waals surface area contributed by atoms with Crippen LogP contribution >= 0.6 is 11.6 Å². The highest BCUT2D eigenvalue weighted by Gasteiger charge is 2.25. The van der Waals surface area contributed by atoms with Gasteiger partial charge in [-0.05, 0) is 30.3 Å². The van der Waals surface area contributed by atoms with E-state index >= 15 is 0 Å². The zero-order valence-electron chi connectivity index (χ0n) is 16.9. The number of nitrogens with one attached hydrogen (secondary N) is 1. The van der Waals surface area contributed by atoms with E-state index in [9.17, 15) is 18.0 Å². The molecule has 1 amide bonds. The van der Waals surface area contributed by atoms with Gasteiger partial charge < -0.3 is 15.0 Å². The zero-order valence-corrected chi connectivity index (χ0v) is 18.4. The van der Waals surface area contributed by atoms with Gasteiger partial charge in [-0.1, -0.05) is 23.7 Å². The van der Waals surface area contributed by atoms with E-state index in [1.165, 1.54) is 19.2 Å². The summed E-state index contributed by atoms with van der Waals surface area (Å²) in [4.78, 5) is 28.3. The summed E-state index contributed by atoms with van der Waals surface area (Å²) in [7, 11) is -2.73. The highest BCUT2D eigenvalue weighted by Crippen LogP contribution is 2.26. The largest absolute Gasteiger partial charge is 0.465 e. The number of piperazine rings is 1. The average molecular weight is 467 g/mol. The number of nitrogens with two attached hydrogens (primary N) is 1. The lowest BCUT2D eigenvalue weighted by atomic mass is 10.1. The third-order valence-corrected chi connectivity index (χ3v) is 6.17. The fraction of sp³-hybridized carbons (Fsp3) is 0.300. The monoisotopic (exact) mass is 466 g/mol. The maximum Gasteiger partial charge on any atom is 0.340 e. The Labute approximate surface area is 185 Å². The maximum absolute atomic E-state index is 12.3. The molecule has 0 aliphatic carbocycles. The molecule has 3 N–H and O–H groups in total. The number of ether oxygens (including phenoxy) is 1. The number of benzene rings is 2. The number of rotatable bonds is 6. The van der Waals surface area contributed by atoms with Crippen LogP contribution in [0.15, 0.2) is 47.4 Å². The summed E-state index contributed by atoms with van der Waals surface area (Å²) in [5.74, 6) is -0.823. The second kappa shape index (κ2) is 9.65. The number of amides is 1. The average Bonchev–Trinajstić information content (AvgIpc) is 2.74. The summed E-state index contributed by atoms with van der Waals surface area (Å²) in [6.45, 7) is 2.43. The van der Waals surface area contributed by atoms with Gasteiger partial charge in [-0.25, -0.2) is 18.4 Å². The van der Waals surface area contributed by atoms with Crippen LogP contribution in [-0.2, 0) is 19.6 Å². The fourth-order valence-corrected chi connectivity index (χ4v) is 4.07. The van der Waals surface area contributed by atoms with Gasteiger partial charge in [0.2, 0.25) is 15.9 Å². The Hall–Kier alpha value is -2.66. The quantitative estimate of drug-likeness (QED) is 0.619. The Kier molecular flexibility index (Phi) is 7.16. The molecule has 1 saturated heterocycles. The first kappa shape index (κ1) is 23.0. The topological polar surface area (TPSA) is 122 Å². The third-order valence-electron chi connectivity index (χ3n) is 4.93. The fourth-order valence-electron chi connectivity index (χ4n) is 3.34. The van der Waals surface area contributed by atoms with E-state index in [4.69, 9.17) is 21.5 Å². The van der Waals surface area contributed by atoms with Crippen LogP contribution in [0.1, 0.15) is 10.4 Å². The molecule has 31 heavy (non-hydrogen) atoms. The predicted octanol–water partition coefficient (Wildman–Crippen LogP) is 1.53. The highest BCUT2D eigenvalue weighted by molar-refractivity contribution is 7.89. The minimum atomic E-state index is -3.95. The molecule has 0 saturated carbocycles. The molecule has 0 radical (unpaired) electrons. The molecule has 0 unspecified atom stereocenters. The van der Waals surface area contributed by atoms with Crippen molar-refractivity contribution >= 4 is 44.9 Å². The van der Waals surface area contributed by atoms with Crippen molar-refractivity contribution in [1.29, 1.82) is 0 Å². The summed E-state index contributed by atoms with van der Waals surface area (Å²) >= 11 is 6.07. The van der Waals surface area contributed by atoms with E-state index in [0.717, 1.165) is 0 Å². The Balaban J connectivity index is 1.66. The first-order valence-electron chi connectivity index (χ1n) is 9.46.